The van der Waals surface area contributed by atoms with Crippen LogP contribution in [-0.2, 0) is 4.74 Å². The molecule has 1 aromatic rings. The van der Waals surface area contributed by atoms with Crippen LogP contribution in [0.1, 0.15) is 31.1 Å². The molecule has 0 saturated heterocycles. The standard InChI is InChI=1S/C14H22ClN3O2/c1-5-16-13-7-10(6-12(15)18-13)14(19)17-11(8-20-4)9(2)3/h6-7,9,11H,5,8H2,1-4H3,(H,16,18)(H,17,19). The molecular formula is C14H22ClN3O2. The van der Waals surface area contributed by atoms with Crippen LogP contribution in [0.15, 0.2) is 12.1 Å². The number of pyridine rings is 1. The summed E-state index contributed by atoms with van der Waals surface area (Å²) in [6.45, 7) is 7.21. The zero-order chi connectivity index (χ0) is 15.1. The molecule has 5 nitrogen and oxygen atoms in total. The van der Waals surface area contributed by atoms with E-state index in [2.05, 4.69) is 15.6 Å². The number of halogens is 1. The van der Waals surface area contributed by atoms with Gasteiger partial charge in [0.25, 0.3) is 5.91 Å². The number of ether oxygens (including phenoxy) is 1. The van der Waals surface area contributed by atoms with Crippen LogP contribution in [0.25, 0.3) is 0 Å². The minimum absolute atomic E-state index is 0.0398. The average Bonchev–Trinajstić information content (AvgIpc) is 2.37. The van der Waals surface area contributed by atoms with E-state index in [9.17, 15) is 4.79 Å². The fraction of sp³-hybridized carbons (Fsp3) is 0.571. The Morgan fingerprint density at radius 3 is 2.70 bits per heavy atom. The number of carbonyl (C=O) groups excluding carboxylic acids is 1. The normalized spacial score (nSPS) is 12.3. The number of aromatic nitrogens is 1. The quantitative estimate of drug-likeness (QED) is 0.760. The van der Waals surface area contributed by atoms with Gasteiger partial charge >= 0.3 is 0 Å². The van der Waals surface area contributed by atoms with Crippen molar-refractivity contribution in [2.24, 2.45) is 5.92 Å². The number of nitrogens with zero attached hydrogens (tertiary/aromatic N) is 1. The molecule has 1 heterocycles. The van der Waals surface area contributed by atoms with E-state index in [1.54, 1.807) is 19.2 Å². The first-order chi connectivity index (χ1) is 9.47. The van der Waals surface area contributed by atoms with Gasteiger partial charge in [-0.1, -0.05) is 25.4 Å². The van der Waals surface area contributed by atoms with E-state index in [0.29, 0.717) is 29.7 Å². The Balaban J connectivity index is 2.85. The van der Waals surface area contributed by atoms with Crippen molar-refractivity contribution >= 4 is 23.3 Å². The van der Waals surface area contributed by atoms with Crippen LogP contribution < -0.4 is 10.6 Å². The van der Waals surface area contributed by atoms with Gasteiger partial charge in [-0.2, -0.15) is 0 Å². The molecular weight excluding hydrogens is 278 g/mol. The van der Waals surface area contributed by atoms with Crippen LogP contribution in [0.3, 0.4) is 0 Å². The second-order valence-electron chi connectivity index (χ2n) is 4.87. The molecule has 1 aromatic heterocycles. The molecule has 1 rings (SSSR count). The highest BCUT2D eigenvalue weighted by molar-refractivity contribution is 6.29. The lowest BCUT2D eigenvalue weighted by Gasteiger charge is -2.21. The molecule has 0 aliphatic carbocycles. The molecule has 0 saturated carbocycles. The van der Waals surface area contributed by atoms with Crippen molar-refractivity contribution in [3.63, 3.8) is 0 Å². The summed E-state index contributed by atoms with van der Waals surface area (Å²) in [6, 6.07) is 3.21. The third-order valence-corrected chi connectivity index (χ3v) is 3.08. The molecule has 0 radical (unpaired) electrons. The number of hydrogen-bond acceptors (Lipinski definition) is 4. The van der Waals surface area contributed by atoms with Crippen molar-refractivity contribution < 1.29 is 9.53 Å². The van der Waals surface area contributed by atoms with E-state index in [4.69, 9.17) is 16.3 Å². The Hall–Kier alpha value is -1.33. The fourth-order valence-corrected chi connectivity index (χ4v) is 1.94. The number of rotatable bonds is 7. The summed E-state index contributed by atoms with van der Waals surface area (Å²) in [5.74, 6) is 0.701. The van der Waals surface area contributed by atoms with Crippen LogP contribution in [-0.4, -0.2) is 37.2 Å². The van der Waals surface area contributed by atoms with Crippen molar-refractivity contribution in [1.29, 1.82) is 0 Å². The Morgan fingerprint density at radius 1 is 1.45 bits per heavy atom. The van der Waals surface area contributed by atoms with Gasteiger partial charge in [-0.3, -0.25) is 4.79 Å². The molecule has 0 spiro atoms. The van der Waals surface area contributed by atoms with Crippen LogP contribution >= 0.6 is 11.6 Å². The molecule has 0 bridgehead atoms. The molecule has 20 heavy (non-hydrogen) atoms. The maximum atomic E-state index is 12.3. The van der Waals surface area contributed by atoms with Gasteiger partial charge < -0.3 is 15.4 Å². The monoisotopic (exact) mass is 299 g/mol. The zero-order valence-corrected chi connectivity index (χ0v) is 13.1. The SMILES string of the molecule is CCNc1cc(C(=O)NC(COC)C(C)C)cc(Cl)n1. The van der Waals surface area contributed by atoms with Crippen molar-refractivity contribution in [2.75, 3.05) is 25.6 Å². The van der Waals surface area contributed by atoms with Crippen molar-refractivity contribution in [1.82, 2.24) is 10.3 Å². The van der Waals surface area contributed by atoms with Crippen molar-refractivity contribution in [3.05, 3.63) is 22.8 Å². The lowest BCUT2D eigenvalue weighted by atomic mass is 10.0. The van der Waals surface area contributed by atoms with Gasteiger partial charge in [0, 0.05) is 19.2 Å². The van der Waals surface area contributed by atoms with E-state index in [1.807, 2.05) is 20.8 Å². The van der Waals surface area contributed by atoms with E-state index in [-0.39, 0.29) is 17.9 Å². The smallest absolute Gasteiger partial charge is 0.251 e. The van der Waals surface area contributed by atoms with Gasteiger partial charge in [-0.05, 0) is 25.0 Å². The number of hydrogen-bond donors (Lipinski definition) is 2. The van der Waals surface area contributed by atoms with Gasteiger partial charge in [0.2, 0.25) is 0 Å². The summed E-state index contributed by atoms with van der Waals surface area (Å²) in [7, 11) is 1.62. The van der Waals surface area contributed by atoms with Gasteiger partial charge in [-0.15, -0.1) is 0 Å². The Kier molecular flexibility index (Phi) is 6.75. The minimum Gasteiger partial charge on any atom is -0.383 e. The maximum absolute atomic E-state index is 12.3. The highest BCUT2D eigenvalue weighted by Gasteiger charge is 2.18. The highest BCUT2D eigenvalue weighted by Crippen LogP contribution is 2.15. The van der Waals surface area contributed by atoms with Gasteiger partial charge in [0.05, 0.1) is 12.6 Å². The Morgan fingerprint density at radius 2 is 2.15 bits per heavy atom. The first kappa shape index (κ1) is 16.7. The lowest BCUT2D eigenvalue weighted by molar-refractivity contribution is 0.0866. The Labute approximate surface area is 125 Å². The predicted molar refractivity (Wildman–Crippen MR) is 81.4 cm³/mol. The molecule has 2 N–H and O–H groups in total. The number of carbonyl (C=O) groups is 1. The summed E-state index contributed by atoms with van der Waals surface area (Å²) >= 11 is 5.93. The van der Waals surface area contributed by atoms with Crippen LogP contribution in [0, 0.1) is 5.92 Å². The first-order valence-electron chi connectivity index (χ1n) is 6.69. The molecule has 6 heteroatoms. The molecule has 0 aromatic carbocycles. The van der Waals surface area contributed by atoms with Gasteiger partial charge in [0.15, 0.2) is 0 Å². The third-order valence-electron chi connectivity index (χ3n) is 2.88. The Bertz CT molecular complexity index is 452. The van der Waals surface area contributed by atoms with E-state index in [0.717, 1.165) is 0 Å². The third kappa shape index (κ3) is 4.98. The summed E-state index contributed by atoms with van der Waals surface area (Å²) in [6.07, 6.45) is 0. The second kappa shape index (κ2) is 8.07. The molecule has 1 atom stereocenters. The van der Waals surface area contributed by atoms with Crippen LogP contribution in [0.4, 0.5) is 5.82 Å². The second-order valence-corrected chi connectivity index (χ2v) is 5.26. The van der Waals surface area contributed by atoms with Gasteiger partial charge in [-0.25, -0.2) is 4.98 Å². The zero-order valence-electron chi connectivity index (χ0n) is 12.4. The number of anilines is 1. The van der Waals surface area contributed by atoms with Crippen molar-refractivity contribution in [2.45, 2.75) is 26.8 Å². The van der Waals surface area contributed by atoms with Gasteiger partial charge in [0.1, 0.15) is 11.0 Å². The molecule has 1 unspecified atom stereocenters. The summed E-state index contributed by atoms with van der Waals surface area (Å²) < 4.78 is 5.12. The van der Waals surface area contributed by atoms with E-state index in [1.165, 1.54) is 0 Å². The summed E-state index contributed by atoms with van der Waals surface area (Å²) in [5.41, 5.74) is 0.489. The van der Waals surface area contributed by atoms with Crippen LogP contribution in [0.2, 0.25) is 5.15 Å². The number of methoxy groups -OCH3 is 1. The average molecular weight is 300 g/mol. The van der Waals surface area contributed by atoms with Crippen LogP contribution in [0.5, 0.6) is 0 Å². The summed E-state index contributed by atoms with van der Waals surface area (Å²) in [5, 5.41) is 6.29. The minimum atomic E-state index is -0.177. The number of nitrogens with one attached hydrogen (secondary N) is 2. The largest absolute Gasteiger partial charge is 0.383 e. The predicted octanol–water partition coefficient (Wildman–Crippen LogP) is 2.57. The topological polar surface area (TPSA) is 63.2 Å². The molecule has 0 aliphatic heterocycles. The van der Waals surface area contributed by atoms with E-state index < -0.39 is 0 Å². The number of amides is 1. The molecule has 112 valence electrons. The van der Waals surface area contributed by atoms with E-state index >= 15 is 0 Å². The van der Waals surface area contributed by atoms with Crippen molar-refractivity contribution in [3.8, 4) is 0 Å². The fourth-order valence-electron chi connectivity index (χ4n) is 1.73. The maximum Gasteiger partial charge on any atom is 0.251 e. The molecule has 1 amide bonds. The molecule has 0 fully saturated rings. The summed E-state index contributed by atoms with van der Waals surface area (Å²) in [4.78, 5) is 16.4. The first-order valence-corrected chi connectivity index (χ1v) is 7.07. The highest BCUT2D eigenvalue weighted by atomic mass is 35.5. The molecule has 0 aliphatic rings. The lowest BCUT2D eigenvalue weighted by Crippen LogP contribution is -2.41.